The van der Waals surface area contributed by atoms with Crippen molar-refractivity contribution in [1.29, 1.82) is 0 Å². The summed E-state index contributed by atoms with van der Waals surface area (Å²) in [7, 11) is 0. The molecule has 8 nitrogen and oxygen atoms in total. The molecule has 0 atom stereocenters. The Labute approximate surface area is 210 Å². The lowest BCUT2D eigenvalue weighted by atomic mass is 9.87. The first-order valence-corrected chi connectivity index (χ1v) is 12.0. The average molecular weight is 487 g/mol. The van der Waals surface area contributed by atoms with Gasteiger partial charge >= 0.3 is 0 Å². The second-order valence-corrected chi connectivity index (χ2v) is 9.97. The molecule has 1 aliphatic rings. The maximum atomic E-state index is 12.8. The van der Waals surface area contributed by atoms with Gasteiger partial charge in [-0.15, -0.1) is 0 Å². The van der Waals surface area contributed by atoms with E-state index in [9.17, 15) is 19.7 Å². The lowest BCUT2D eigenvalue weighted by Crippen LogP contribution is -2.19. The van der Waals surface area contributed by atoms with E-state index in [0.717, 1.165) is 31.5 Å². The summed E-state index contributed by atoms with van der Waals surface area (Å²) >= 11 is 0. The number of nitro groups is 1. The van der Waals surface area contributed by atoms with E-state index in [1.165, 1.54) is 6.07 Å². The molecule has 2 N–H and O–H groups in total. The number of rotatable bonds is 6. The minimum atomic E-state index is -0.446. The quantitative estimate of drug-likeness (QED) is 0.329. The highest BCUT2D eigenvalue weighted by Crippen LogP contribution is 2.32. The number of carbonyl (C=O) groups excluding carboxylic acids is 2. The number of hydrogen-bond donors (Lipinski definition) is 2. The Morgan fingerprint density at radius 1 is 0.806 bits per heavy atom. The van der Waals surface area contributed by atoms with Crippen LogP contribution in [0.2, 0.25) is 0 Å². The van der Waals surface area contributed by atoms with Gasteiger partial charge in [-0.05, 0) is 72.4 Å². The van der Waals surface area contributed by atoms with Crippen molar-refractivity contribution >= 4 is 34.6 Å². The molecular formula is C28H30N4O4. The van der Waals surface area contributed by atoms with Crippen LogP contribution in [0.4, 0.5) is 22.7 Å². The number of hydrogen-bond acceptors (Lipinski definition) is 5. The predicted molar refractivity (Wildman–Crippen MR) is 142 cm³/mol. The number of carbonyl (C=O) groups is 2. The Bertz CT molecular complexity index is 1270. The molecule has 0 radical (unpaired) electrons. The molecule has 186 valence electrons. The third kappa shape index (κ3) is 5.71. The van der Waals surface area contributed by atoms with Gasteiger partial charge in [0.25, 0.3) is 17.5 Å². The Morgan fingerprint density at radius 3 is 1.81 bits per heavy atom. The van der Waals surface area contributed by atoms with Crippen LogP contribution in [0, 0.1) is 10.1 Å². The van der Waals surface area contributed by atoms with E-state index in [0.29, 0.717) is 22.6 Å². The number of anilines is 3. The van der Waals surface area contributed by atoms with Crippen molar-refractivity contribution in [3.05, 3.63) is 93.5 Å². The van der Waals surface area contributed by atoms with E-state index in [-0.39, 0.29) is 22.6 Å². The standard InChI is InChI=1S/C28H30N4O4/c1-28(2,3)21-9-6-19(7-10-21)26(33)29-22-11-13-23(14-12-22)30-27(34)20-8-15-24(25(18-20)32(35)36)31-16-4-5-17-31/h6-15,18H,4-5,16-17H2,1-3H3,(H,29,33)(H,30,34). The van der Waals surface area contributed by atoms with Crippen LogP contribution in [0.3, 0.4) is 0 Å². The lowest BCUT2D eigenvalue weighted by molar-refractivity contribution is -0.384. The van der Waals surface area contributed by atoms with E-state index in [1.54, 1.807) is 48.5 Å². The molecule has 0 saturated carbocycles. The van der Waals surface area contributed by atoms with Crippen LogP contribution in [-0.4, -0.2) is 29.8 Å². The molecule has 0 unspecified atom stereocenters. The van der Waals surface area contributed by atoms with E-state index in [2.05, 4.69) is 31.4 Å². The molecule has 1 fully saturated rings. The maximum Gasteiger partial charge on any atom is 0.293 e. The number of nitrogens with zero attached hydrogens (tertiary/aromatic N) is 2. The van der Waals surface area contributed by atoms with E-state index >= 15 is 0 Å². The predicted octanol–water partition coefficient (Wildman–Crippen LogP) is 6.00. The van der Waals surface area contributed by atoms with Crippen LogP contribution in [-0.2, 0) is 5.41 Å². The van der Waals surface area contributed by atoms with Crippen LogP contribution in [0.5, 0.6) is 0 Å². The highest BCUT2D eigenvalue weighted by atomic mass is 16.6. The van der Waals surface area contributed by atoms with Crippen molar-refractivity contribution in [3.63, 3.8) is 0 Å². The average Bonchev–Trinajstić information content (AvgIpc) is 3.39. The van der Waals surface area contributed by atoms with Gasteiger partial charge < -0.3 is 15.5 Å². The number of benzene rings is 3. The molecule has 0 spiro atoms. The molecule has 1 saturated heterocycles. The molecule has 3 aromatic rings. The molecule has 1 aliphatic heterocycles. The van der Waals surface area contributed by atoms with Gasteiger partial charge in [0.2, 0.25) is 0 Å². The number of nitro benzene ring substituents is 1. The third-order valence-corrected chi connectivity index (χ3v) is 6.29. The van der Waals surface area contributed by atoms with Crippen LogP contribution >= 0.6 is 0 Å². The third-order valence-electron chi connectivity index (χ3n) is 6.29. The summed E-state index contributed by atoms with van der Waals surface area (Å²) < 4.78 is 0. The van der Waals surface area contributed by atoms with Gasteiger partial charge in [0, 0.05) is 41.7 Å². The van der Waals surface area contributed by atoms with Gasteiger partial charge in [-0.3, -0.25) is 19.7 Å². The van der Waals surface area contributed by atoms with Gasteiger partial charge in [0.15, 0.2) is 0 Å². The van der Waals surface area contributed by atoms with Crippen LogP contribution < -0.4 is 15.5 Å². The van der Waals surface area contributed by atoms with Crippen molar-refractivity contribution in [1.82, 2.24) is 0 Å². The highest BCUT2D eigenvalue weighted by molar-refractivity contribution is 6.06. The highest BCUT2D eigenvalue weighted by Gasteiger charge is 2.24. The van der Waals surface area contributed by atoms with Gasteiger partial charge in [-0.2, -0.15) is 0 Å². The van der Waals surface area contributed by atoms with Crippen molar-refractivity contribution < 1.29 is 14.5 Å². The molecule has 2 amide bonds. The molecule has 0 aliphatic carbocycles. The van der Waals surface area contributed by atoms with Crippen molar-refractivity contribution in [2.75, 3.05) is 28.6 Å². The molecule has 3 aromatic carbocycles. The van der Waals surface area contributed by atoms with Crippen LogP contribution in [0.1, 0.15) is 59.9 Å². The number of nitrogens with one attached hydrogen (secondary N) is 2. The molecule has 0 aromatic heterocycles. The molecule has 36 heavy (non-hydrogen) atoms. The summed E-state index contributed by atoms with van der Waals surface area (Å²) in [6.45, 7) is 7.91. The fraction of sp³-hybridized carbons (Fsp3) is 0.286. The lowest BCUT2D eigenvalue weighted by Gasteiger charge is -2.19. The smallest absolute Gasteiger partial charge is 0.293 e. The maximum absolute atomic E-state index is 12.8. The zero-order chi connectivity index (χ0) is 25.9. The Kier molecular flexibility index (Phi) is 7.05. The summed E-state index contributed by atoms with van der Waals surface area (Å²) in [5.74, 6) is -0.667. The molecule has 0 bridgehead atoms. The van der Waals surface area contributed by atoms with E-state index < -0.39 is 10.8 Å². The van der Waals surface area contributed by atoms with Gasteiger partial charge in [-0.25, -0.2) is 0 Å². The topological polar surface area (TPSA) is 105 Å². The molecular weight excluding hydrogens is 456 g/mol. The second-order valence-electron chi connectivity index (χ2n) is 9.97. The Hall–Kier alpha value is -4.20. The SMILES string of the molecule is CC(C)(C)c1ccc(C(=O)Nc2ccc(NC(=O)c3ccc(N4CCCC4)c([N+](=O)[O-])c3)cc2)cc1. The summed E-state index contributed by atoms with van der Waals surface area (Å²) in [6.07, 6.45) is 2.00. The monoisotopic (exact) mass is 486 g/mol. The molecule has 1 heterocycles. The molecule has 4 rings (SSSR count). The van der Waals surface area contributed by atoms with Crippen molar-refractivity contribution in [2.45, 2.75) is 39.0 Å². The first-order chi connectivity index (χ1) is 17.1. The number of amides is 2. The zero-order valence-electron chi connectivity index (χ0n) is 20.7. The normalized spacial score (nSPS) is 13.4. The fourth-order valence-electron chi connectivity index (χ4n) is 4.20. The van der Waals surface area contributed by atoms with Crippen molar-refractivity contribution in [3.8, 4) is 0 Å². The first kappa shape index (κ1) is 24.9. The van der Waals surface area contributed by atoms with Gasteiger partial charge in [-0.1, -0.05) is 32.9 Å². The molecule has 8 heteroatoms. The second kappa shape index (κ2) is 10.2. The van der Waals surface area contributed by atoms with Crippen molar-refractivity contribution in [2.24, 2.45) is 0 Å². The first-order valence-electron chi connectivity index (χ1n) is 12.0. The summed E-state index contributed by atoms with van der Waals surface area (Å²) in [6, 6.07) is 18.8. The van der Waals surface area contributed by atoms with Gasteiger partial charge in [0.1, 0.15) is 5.69 Å². The largest absolute Gasteiger partial charge is 0.366 e. The van der Waals surface area contributed by atoms with E-state index in [4.69, 9.17) is 0 Å². The minimum absolute atomic E-state index is 0.0100. The minimum Gasteiger partial charge on any atom is -0.366 e. The Balaban J connectivity index is 1.40. The fourth-order valence-corrected chi connectivity index (χ4v) is 4.20. The van der Waals surface area contributed by atoms with E-state index in [1.807, 2.05) is 17.0 Å². The summed E-state index contributed by atoms with van der Waals surface area (Å²) in [5, 5.41) is 17.2. The summed E-state index contributed by atoms with van der Waals surface area (Å²) in [4.78, 5) is 38.5. The summed E-state index contributed by atoms with van der Waals surface area (Å²) in [5.41, 5.74) is 3.49. The van der Waals surface area contributed by atoms with Crippen LogP contribution in [0.15, 0.2) is 66.7 Å². The zero-order valence-corrected chi connectivity index (χ0v) is 20.7. The Morgan fingerprint density at radius 2 is 1.31 bits per heavy atom. The van der Waals surface area contributed by atoms with Crippen LogP contribution in [0.25, 0.3) is 0 Å². The van der Waals surface area contributed by atoms with Gasteiger partial charge in [0.05, 0.1) is 4.92 Å².